The average Bonchev–Trinajstić information content (AvgIpc) is 2.90. The van der Waals surface area contributed by atoms with Crippen LogP contribution in [0.2, 0.25) is 0 Å². The zero-order valence-corrected chi connectivity index (χ0v) is 20.4. The van der Waals surface area contributed by atoms with Crippen LogP contribution in [0, 0.1) is 0 Å². The zero-order valence-electron chi connectivity index (χ0n) is 19.6. The fourth-order valence-electron chi connectivity index (χ4n) is 4.01. The summed E-state index contributed by atoms with van der Waals surface area (Å²) in [5, 5.41) is 11.5. The third-order valence-corrected chi connectivity index (χ3v) is 6.75. The number of methoxy groups -OCH3 is 1. The second-order valence-electron chi connectivity index (χ2n) is 8.11. The van der Waals surface area contributed by atoms with E-state index in [4.69, 9.17) is 19.6 Å². The Bertz CT molecular complexity index is 1390. The predicted molar refractivity (Wildman–Crippen MR) is 137 cm³/mol. The first-order valence-electron chi connectivity index (χ1n) is 11.5. The molecule has 0 fully saturated rings. The van der Waals surface area contributed by atoms with Gasteiger partial charge in [-0.05, 0) is 30.2 Å². The van der Waals surface area contributed by atoms with E-state index in [2.05, 4.69) is 12.2 Å². The minimum atomic E-state index is -0.514. The van der Waals surface area contributed by atoms with E-state index < -0.39 is 6.17 Å². The lowest BCUT2D eigenvalue weighted by atomic mass is 10.1. The van der Waals surface area contributed by atoms with Gasteiger partial charge in [-0.2, -0.15) is 0 Å². The lowest BCUT2D eigenvalue weighted by molar-refractivity contribution is -0.116. The van der Waals surface area contributed by atoms with Crippen LogP contribution in [-0.4, -0.2) is 28.9 Å². The first-order chi connectivity index (χ1) is 17.2. The molecule has 0 radical (unpaired) electrons. The van der Waals surface area contributed by atoms with Gasteiger partial charge in [0.15, 0.2) is 22.8 Å². The van der Waals surface area contributed by atoms with Crippen LogP contribution in [0.4, 0.5) is 0 Å². The number of hydrogen-bond acceptors (Lipinski definition) is 7. The quantitative estimate of drug-likeness (QED) is 0.553. The SMILES string of the molecule is CCCSC1=NN2C(=c3ccccc3=NC2c2ccc(OCc3ccccc3)c(OC)c2)C(=O)N1. The predicted octanol–water partition coefficient (Wildman–Crippen LogP) is 3.56. The highest BCUT2D eigenvalue weighted by atomic mass is 32.2. The van der Waals surface area contributed by atoms with Crippen molar-refractivity contribution < 1.29 is 14.3 Å². The molecule has 0 spiro atoms. The number of para-hydroxylation sites is 1. The molecule has 0 saturated heterocycles. The van der Waals surface area contributed by atoms with E-state index >= 15 is 0 Å². The maximum atomic E-state index is 13.2. The molecule has 2 aliphatic heterocycles. The van der Waals surface area contributed by atoms with Gasteiger partial charge in [0.2, 0.25) is 0 Å². The standard InChI is InChI=1S/C27H26N4O3S/c1-3-15-35-27-29-26(32)24-20-11-7-8-12-21(20)28-25(31(24)30-27)19-13-14-22(23(16-19)33-2)34-17-18-9-5-4-6-10-18/h4-14,16,25H,3,15,17H2,1-2H3,(H,29,30,32). The van der Waals surface area contributed by atoms with Gasteiger partial charge in [-0.3, -0.25) is 15.1 Å². The van der Waals surface area contributed by atoms with Gasteiger partial charge >= 0.3 is 0 Å². The lowest BCUT2D eigenvalue weighted by Crippen LogP contribution is -2.50. The van der Waals surface area contributed by atoms with E-state index in [1.165, 1.54) is 11.8 Å². The summed E-state index contributed by atoms with van der Waals surface area (Å²) in [4.78, 5) is 18.1. The number of fused-ring (bicyclic) bond motifs is 2. The fourth-order valence-corrected chi connectivity index (χ4v) is 4.72. The molecule has 1 unspecified atom stereocenters. The van der Waals surface area contributed by atoms with Gasteiger partial charge in [0, 0.05) is 16.5 Å². The van der Waals surface area contributed by atoms with Crippen LogP contribution in [-0.2, 0) is 11.4 Å². The van der Waals surface area contributed by atoms with Gasteiger partial charge in [-0.25, -0.2) is 5.01 Å². The fraction of sp³-hybridized carbons (Fsp3) is 0.222. The molecule has 1 N–H and O–H groups in total. The molecule has 0 saturated carbocycles. The molecule has 8 heteroatoms. The third-order valence-electron chi connectivity index (χ3n) is 5.68. The number of carbonyl (C=O) groups excluding carboxylic acids is 1. The van der Waals surface area contributed by atoms with E-state index in [0.29, 0.717) is 29.0 Å². The van der Waals surface area contributed by atoms with Crippen molar-refractivity contribution in [3.05, 3.63) is 94.5 Å². The normalized spacial score (nSPS) is 16.5. The molecule has 2 heterocycles. The van der Waals surface area contributed by atoms with Gasteiger partial charge in [0.1, 0.15) is 12.3 Å². The Labute approximate surface area is 208 Å². The molecule has 3 aromatic carbocycles. The van der Waals surface area contributed by atoms with Crippen LogP contribution in [0.1, 0.15) is 30.6 Å². The van der Waals surface area contributed by atoms with Crippen LogP contribution in [0.15, 0.2) is 82.9 Å². The van der Waals surface area contributed by atoms with Crippen molar-refractivity contribution in [3.8, 4) is 11.5 Å². The minimum absolute atomic E-state index is 0.180. The Morgan fingerprint density at radius 2 is 1.83 bits per heavy atom. The van der Waals surface area contributed by atoms with Crippen molar-refractivity contribution >= 4 is 28.5 Å². The molecule has 0 bridgehead atoms. The van der Waals surface area contributed by atoms with Crippen LogP contribution in [0.5, 0.6) is 11.5 Å². The Balaban J connectivity index is 1.52. The molecular formula is C27H26N4O3S. The smallest absolute Gasteiger partial charge is 0.276 e. The largest absolute Gasteiger partial charge is 0.493 e. The Hall–Kier alpha value is -3.78. The Morgan fingerprint density at radius 3 is 2.63 bits per heavy atom. The summed E-state index contributed by atoms with van der Waals surface area (Å²) in [5.74, 6) is 1.92. The lowest BCUT2D eigenvalue weighted by Gasteiger charge is -2.34. The molecule has 0 aliphatic carbocycles. The van der Waals surface area contributed by atoms with E-state index in [-0.39, 0.29) is 5.91 Å². The summed E-state index contributed by atoms with van der Waals surface area (Å²) >= 11 is 1.53. The number of hydrazone groups is 1. The van der Waals surface area contributed by atoms with Crippen molar-refractivity contribution in [1.82, 2.24) is 10.3 Å². The van der Waals surface area contributed by atoms with Crippen molar-refractivity contribution in [2.24, 2.45) is 10.1 Å². The monoisotopic (exact) mass is 486 g/mol. The molecule has 1 amide bonds. The van der Waals surface area contributed by atoms with E-state index in [1.807, 2.05) is 72.8 Å². The summed E-state index contributed by atoms with van der Waals surface area (Å²) < 4.78 is 11.7. The van der Waals surface area contributed by atoms with Gasteiger partial charge in [0.25, 0.3) is 5.91 Å². The summed E-state index contributed by atoms with van der Waals surface area (Å²) in [6, 6.07) is 23.4. The summed E-state index contributed by atoms with van der Waals surface area (Å²) in [6.07, 6.45) is 0.467. The number of amidine groups is 1. The number of ether oxygens (including phenoxy) is 2. The summed E-state index contributed by atoms with van der Waals surface area (Å²) in [6.45, 7) is 2.53. The highest BCUT2D eigenvalue weighted by Crippen LogP contribution is 2.36. The molecule has 35 heavy (non-hydrogen) atoms. The number of carbonyl (C=O) groups is 1. The molecule has 3 aromatic rings. The van der Waals surface area contributed by atoms with Crippen molar-refractivity contribution in [1.29, 1.82) is 0 Å². The zero-order chi connectivity index (χ0) is 24.2. The number of thioether (sulfide) groups is 1. The second kappa shape index (κ2) is 10.2. The van der Waals surface area contributed by atoms with Crippen LogP contribution in [0.25, 0.3) is 5.70 Å². The van der Waals surface area contributed by atoms with E-state index in [0.717, 1.165) is 33.9 Å². The van der Waals surface area contributed by atoms with Crippen molar-refractivity contribution in [2.45, 2.75) is 26.1 Å². The first kappa shape index (κ1) is 23.0. The molecule has 0 aromatic heterocycles. The van der Waals surface area contributed by atoms with Crippen LogP contribution >= 0.6 is 11.8 Å². The molecule has 2 aliphatic rings. The number of nitrogens with zero attached hydrogens (tertiary/aromatic N) is 3. The van der Waals surface area contributed by atoms with Crippen molar-refractivity contribution in [3.63, 3.8) is 0 Å². The highest BCUT2D eigenvalue weighted by Gasteiger charge is 2.34. The summed E-state index contributed by atoms with van der Waals surface area (Å²) in [5.41, 5.74) is 2.41. The Morgan fingerprint density at radius 1 is 1.03 bits per heavy atom. The summed E-state index contributed by atoms with van der Waals surface area (Å²) in [7, 11) is 1.62. The number of nitrogens with one attached hydrogen (secondary N) is 1. The van der Waals surface area contributed by atoms with Gasteiger partial charge in [-0.1, -0.05) is 73.3 Å². The maximum Gasteiger partial charge on any atom is 0.276 e. The van der Waals surface area contributed by atoms with Gasteiger partial charge < -0.3 is 9.47 Å². The number of rotatable bonds is 7. The average molecular weight is 487 g/mol. The van der Waals surface area contributed by atoms with Gasteiger partial charge in [-0.15, -0.1) is 5.10 Å². The van der Waals surface area contributed by atoms with Crippen LogP contribution < -0.4 is 25.4 Å². The number of hydrogen-bond donors (Lipinski definition) is 1. The minimum Gasteiger partial charge on any atom is -0.493 e. The maximum absolute atomic E-state index is 13.2. The molecule has 1 atom stereocenters. The second-order valence-corrected chi connectivity index (χ2v) is 9.19. The van der Waals surface area contributed by atoms with E-state index in [1.54, 1.807) is 12.1 Å². The first-order valence-corrected chi connectivity index (χ1v) is 12.5. The Kier molecular flexibility index (Phi) is 6.72. The third kappa shape index (κ3) is 4.74. The molecule has 7 nitrogen and oxygen atoms in total. The molecule has 178 valence electrons. The van der Waals surface area contributed by atoms with E-state index in [9.17, 15) is 4.79 Å². The van der Waals surface area contributed by atoms with Crippen molar-refractivity contribution in [2.75, 3.05) is 12.9 Å². The molecule has 5 rings (SSSR count). The van der Waals surface area contributed by atoms with Gasteiger partial charge in [0.05, 0.1) is 12.5 Å². The topological polar surface area (TPSA) is 75.5 Å². The highest BCUT2D eigenvalue weighted by molar-refractivity contribution is 8.13. The number of benzene rings is 3. The van der Waals surface area contributed by atoms with Crippen LogP contribution in [0.3, 0.4) is 0 Å². The number of amides is 1. The molecular weight excluding hydrogens is 460 g/mol.